The van der Waals surface area contributed by atoms with Gasteiger partial charge in [0.15, 0.2) is 11.9 Å². The van der Waals surface area contributed by atoms with Crippen LogP contribution < -0.4 is 15.0 Å². The van der Waals surface area contributed by atoms with Gasteiger partial charge < -0.3 is 10.4 Å². The largest absolute Gasteiger partial charge is 0.503 e. The van der Waals surface area contributed by atoms with Crippen molar-refractivity contribution in [1.82, 2.24) is 5.32 Å². The first-order chi connectivity index (χ1) is 10.8. The molecule has 2 aromatic rings. The van der Waals surface area contributed by atoms with Crippen molar-refractivity contribution < 1.29 is 22.9 Å². The monoisotopic (exact) mass is 336 g/mol. The van der Waals surface area contributed by atoms with Crippen LogP contribution in [0, 0.1) is 0 Å². The van der Waals surface area contributed by atoms with Gasteiger partial charge in [-0.1, -0.05) is 12.1 Å². The zero-order valence-corrected chi connectivity index (χ0v) is 13.2. The van der Waals surface area contributed by atoms with E-state index >= 15 is 0 Å². The zero-order chi connectivity index (χ0) is 16.9. The van der Waals surface area contributed by atoms with E-state index in [0.717, 1.165) is 5.56 Å². The maximum absolute atomic E-state index is 11.8. The van der Waals surface area contributed by atoms with Crippen LogP contribution in [0.25, 0.3) is 0 Å². The molecule has 2 rings (SSSR count). The van der Waals surface area contributed by atoms with Crippen molar-refractivity contribution in [3.8, 4) is 5.75 Å². The molecule has 0 unspecified atom stereocenters. The highest BCUT2D eigenvalue weighted by atomic mass is 32.2. The number of sulfonamides is 1. The molecule has 1 aromatic heterocycles. The summed E-state index contributed by atoms with van der Waals surface area (Å²) in [5.74, 6) is -0.0861. The summed E-state index contributed by atoms with van der Waals surface area (Å²) in [6.45, 7) is 0.533. The molecule has 122 valence electrons. The topological polar surface area (TPSA) is 113 Å². The van der Waals surface area contributed by atoms with E-state index in [1.807, 2.05) is 0 Å². The third kappa shape index (κ3) is 5.35. The number of hydrogen-bond acceptors (Lipinski definition) is 4. The molecule has 0 saturated carbocycles. The van der Waals surface area contributed by atoms with Gasteiger partial charge in [0, 0.05) is 12.6 Å². The van der Waals surface area contributed by atoms with Gasteiger partial charge >= 0.3 is 0 Å². The summed E-state index contributed by atoms with van der Waals surface area (Å²) in [7, 11) is -3.68. The molecule has 7 nitrogen and oxygen atoms in total. The van der Waals surface area contributed by atoms with Gasteiger partial charge in [0.05, 0.1) is 4.90 Å². The Labute approximate surface area is 134 Å². The van der Waals surface area contributed by atoms with E-state index in [-0.39, 0.29) is 23.1 Å². The van der Waals surface area contributed by atoms with Gasteiger partial charge in [-0.2, -0.15) is 4.57 Å². The smallest absolute Gasteiger partial charge is 0.286 e. The van der Waals surface area contributed by atoms with Crippen molar-refractivity contribution in [3.63, 3.8) is 0 Å². The quantitative estimate of drug-likeness (QED) is 0.628. The average Bonchev–Trinajstić information content (AvgIpc) is 2.47. The third-order valence-corrected chi connectivity index (χ3v) is 4.09. The molecule has 23 heavy (non-hydrogen) atoms. The first-order valence-electron chi connectivity index (χ1n) is 6.91. The molecule has 0 aliphatic rings. The number of nitrogens with one attached hydrogen (secondary N) is 1. The van der Waals surface area contributed by atoms with E-state index in [1.54, 1.807) is 29.0 Å². The highest BCUT2D eigenvalue weighted by Gasteiger charge is 2.10. The maximum Gasteiger partial charge on any atom is 0.286 e. The molecule has 0 aliphatic heterocycles. The summed E-state index contributed by atoms with van der Waals surface area (Å²) in [6.07, 6.45) is 3.72. The minimum atomic E-state index is -3.68. The van der Waals surface area contributed by atoms with Crippen LogP contribution in [0.1, 0.15) is 5.56 Å². The van der Waals surface area contributed by atoms with Gasteiger partial charge in [-0.15, -0.1) is 0 Å². The van der Waals surface area contributed by atoms with Crippen LogP contribution in [-0.4, -0.2) is 26.0 Å². The van der Waals surface area contributed by atoms with E-state index in [0.29, 0.717) is 13.0 Å². The van der Waals surface area contributed by atoms with Gasteiger partial charge in [0.2, 0.25) is 22.8 Å². The fraction of sp³-hybridized carbons (Fsp3) is 0.200. The minimum Gasteiger partial charge on any atom is -0.503 e. The van der Waals surface area contributed by atoms with E-state index in [4.69, 9.17) is 5.14 Å². The third-order valence-electron chi connectivity index (χ3n) is 3.16. The summed E-state index contributed by atoms with van der Waals surface area (Å²) in [4.78, 5) is 11.9. The molecule has 0 aliphatic carbocycles. The van der Waals surface area contributed by atoms with Gasteiger partial charge in [-0.3, -0.25) is 4.79 Å². The van der Waals surface area contributed by atoms with Crippen LogP contribution in [0.15, 0.2) is 53.7 Å². The van der Waals surface area contributed by atoms with E-state index in [2.05, 4.69) is 5.32 Å². The number of primary sulfonamides is 1. The number of hydrogen-bond donors (Lipinski definition) is 3. The molecule has 0 radical (unpaired) electrons. The summed E-state index contributed by atoms with van der Waals surface area (Å²) < 4.78 is 23.9. The Bertz CT molecular complexity index is 789. The second kappa shape index (κ2) is 7.21. The zero-order valence-electron chi connectivity index (χ0n) is 12.3. The summed E-state index contributed by atoms with van der Waals surface area (Å²) in [5.41, 5.74) is 0.891. The summed E-state index contributed by atoms with van der Waals surface area (Å²) >= 11 is 0. The van der Waals surface area contributed by atoms with Crippen LogP contribution in [0.3, 0.4) is 0 Å². The number of pyridine rings is 1. The Morgan fingerprint density at radius 2 is 1.91 bits per heavy atom. The number of nitrogens with two attached hydrogens (primary N) is 1. The maximum atomic E-state index is 11.8. The number of nitrogens with zero attached hydrogens (tertiary/aromatic N) is 1. The predicted molar refractivity (Wildman–Crippen MR) is 82.8 cm³/mol. The van der Waals surface area contributed by atoms with Crippen LogP contribution in [0.5, 0.6) is 5.75 Å². The molecule has 1 amide bonds. The lowest BCUT2D eigenvalue weighted by molar-refractivity contribution is -0.684. The number of rotatable bonds is 6. The van der Waals surface area contributed by atoms with Crippen LogP contribution >= 0.6 is 0 Å². The van der Waals surface area contributed by atoms with Crippen molar-refractivity contribution in [2.45, 2.75) is 17.9 Å². The standard InChI is InChI=1S/C15H17N3O4S/c16-23(21,22)14-5-3-12(4-6-14)7-8-17-15(20)11-18-9-1-2-13(19)10-18/h1-6,9-10H,7-8,11H2,(H3-,16,17,19,20,21,22)/p+1. The number of amides is 1. The molecule has 1 heterocycles. The number of benzene rings is 1. The van der Waals surface area contributed by atoms with Crippen molar-refractivity contribution >= 4 is 15.9 Å². The first-order valence-corrected chi connectivity index (χ1v) is 8.46. The molecule has 1 aromatic carbocycles. The molecule has 0 saturated heterocycles. The lowest BCUT2D eigenvalue weighted by Gasteiger charge is -2.05. The second-order valence-electron chi connectivity index (χ2n) is 5.02. The highest BCUT2D eigenvalue weighted by molar-refractivity contribution is 7.89. The molecule has 0 spiro atoms. The van der Waals surface area contributed by atoms with Gasteiger partial charge in [-0.25, -0.2) is 13.6 Å². The molecular weight excluding hydrogens is 318 g/mol. The number of carbonyl (C=O) groups excluding carboxylic acids is 1. The number of carbonyl (C=O) groups is 1. The molecular formula is C15H18N3O4S+. The molecule has 4 N–H and O–H groups in total. The van der Waals surface area contributed by atoms with Gasteiger partial charge in [0.25, 0.3) is 5.91 Å². The predicted octanol–water partition coefficient (Wildman–Crippen LogP) is -0.314. The van der Waals surface area contributed by atoms with Crippen molar-refractivity contribution in [3.05, 3.63) is 54.4 Å². The molecule has 8 heteroatoms. The highest BCUT2D eigenvalue weighted by Crippen LogP contribution is 2.08. The second-order valence-corrected chi connectivity index (χ2v) is 6.58. The van der Waals surface area contributed by atoms with E-state index < -0.39 is 10.0 Å². The number of aromatic nitrogens is 1. The minimum absolute atomic E-state index is 0.0607. The summed E-state index contributed by atoms with van der Waals surface area (Å²) in [5, 5.41) is 17.1. The molecule has 0 bridgehead atoms. The molecule has 0 atom stereocenters. The Balaban J connectivity index is 1.81. The Morgan fingerprint density at radius 1 is 1.22 bits per heavy atom. The SMILES string of the molecule is NS(=O)(=O)c1ccc(CCNC(=O)C[n+]2cccc(O)c2)cc1. The fourth-order valence-electron chi connectivity index (χ4n) is 2.02. The fourth-order valence-corrected chi connectivity index (χ4v) is 2.54. The van der Waals surface area contributed by atoms with Gasteiger partial charge in [0.1, 0.15) is 0 Å². The normalized spacial score (nSPS) is 11.2. The van der Waals surface area contributed by atoms with Crippen LogP contribution in [-0.2, 0) is 27.8 Å². The van der Waals surface area contributed by atoms with Crippen molar-refractivity contribution in [2.75, 3.05) is 6.54 Å². The lowest BCUT2D eigenvalue weighted by atomic mass is 10.1. The average molecular weight is 336 g/mol. The number of aromatic hydroxyl groups is 1. The lowest BCUT2D eigenvalue weighted by Crippen LogP contribution is -2.42. The van der Waals surface area contributed by atoms with Crippen LogP contribution in [0.2, 0.25) is 0 Å². The van der Waals surface area contributed by atoms with E-state index in [1.165, 1.54) is 24.4 Å². The first kappa shape index (κ1) is 16.9. The Kier molecular flexibility index (Phi) is 5.30. The van der Waals surface area contributed by atoms with Crippen LogP contribution in [0.4, 0.5) is 0 Å². The Morgan fingerprint density at radius 3 is 2.52 bits per heavy atom. The van der Waals surface area contributed by atoms with Crippen molar-refractivity contribution in [1.29, 1.82) is 0 Å². The van der Waals surface area contributed by atoms with Gasteiger partial charge in [-0.05, 0) is 30.2 Å². The van der Waals surface area contributed by atoms with E-state index in [9.17, 15) is 18.3 Å². The van der Waals surface area contributed by atoms with Crippen molar-refractivity contribution in [2.24, 2.45) is 5.14 Å². The Hall–Kier alpha value is -2.45. The molecule has 0 fully saturated rings. The summed E-state index contributed by atoms with van der Waals surface area (Å²) in [6, 6.07) is 9.38.